The van der Waals surface area contributed by atoms with Crippen LogP contribution >= 0.6 is 0 Å². The van der Waals surface area contributed by atoms with Gasteiger partial charge in [-0.15, -0.1) is 10.2 Å². The van der Waals surface area contributed by atoms with E-state index in [2.05, 4.69) is 10.2 Å². The van der Waals surface area contributed by atoms with Crippen LogP contribution in [0.15, 0.2) is 24.5 Å². The van der Waals surface area contributed by atoms with Crippen molar-refractivity contribution in [3.05, 3.63) is 47.0 Å². The summed E-state index contributed by atoms with van der Waals surface area (Å²) >= 11 is 0. The van der Waals surface area contributed by atoms with Crippen LogP contribution in [0.2, 0.25) is 0 Å². The van der Waals surface area contributed by atoms with Gasteiger partial charge in [0.1, 0.15) is 17.9 Å². The number of likely N-dealkylation sites (tertiary alicyclic amines) is 1. The van der Waals surface area contributed by atoms with Crippen molar-refractivity contribution in [3.8, 4) is 11.5 Å². The number of carbonyl (C=O) groups is 2. The number of pyridine rings is 1. The number of carboxylic acid groups (broad SMARTS) is 1. The number of carbonyl (C=O) groups excluding carboxylic acids is 1. The Kier molecular flexibility index (Phi) is 5.01. The Morgan fingerprint density at radius 2 is 1.86 bits per heavy atom. The zero-order valence-corrected chi connectivity index (χ0v) is 19.1. The normalized spacial score (nSPS) is 19.8. The highest BCUT2D eigenvalue weighted by Crippen LogP contribution is 2.44. The molecule has 0 saturated carbocycles. The Labute approximate surface area is 199 Å². The Balaban J connectivity index is 1.48. The van der Waals surface area contributed by atoms with Crippen molar-refractivity contribution in [1.29, 1.82) is 0 Å². The fourth-order valence-corrected chi connectivity index (χ4v) is 5.49. The molecular weight excluding hydrogens is 457 g/mol. The summed E-state index contributed by atoms with van der Waals surface area (Å²) in [6.45, 7) is 3.18. The van der Waals surface area contributed by atoms with Gasteiger partial charge in [-0.25, -0.2) is 9.18 Å². The first kappa shape index (κ1) is 21.6. The van der Waals surface area contributed by atoms with Crippen LogP contribution in [0.5, 0.6) is 11.5 Å². The van der Waals surface area contributed by atoms with Crippen molar-refractivity contribution in [2.24, 2.45) is 0 Å². The average Bonchev–Trinajstić information content (AvgIpc) is 3.50. The van der Waals surface area contributed by atoms with Crippen molar-refractivity contribution in [3.63, 3.8) is 0 Å². The molecule has 10 nitrogen and oxygen atoms in total. The number of anilines is 1. The SMILES string of the molecule is CC(=O)N1CCC(c2cc3c(n4cnnc24)N(C(=O)O)Cc2c(F)ccc4c2[C@@H](CO4)CO3)CC1. The molecule has 2 amide bonds. The molecule has 3 aliphatic rings. The van der Waals surface area contributed by atoms with Gasteiger partial charge in [-0.05, 0) is 37.0 Å². The lowest BCUT2D eigenvalue weighted by molar-refractivity contribution is -0.129. The van der Waals surface area contributed by atoms with Crippen LogP contribution in [0.3, 0.4) is 0 Å². The van der Waals surface area contributed by atoms with Crippen LogP contribution < -0.4 is 14.4 Å². The molecule has 1 saturated heterocycles. The standard InChI is InChI=1S/C24H24FN5O5/c1-13(31)28-6-4-14(5-7-28)16-8-20-23(30-12-26-27-22(16)30)29(24(32)33)9-17-18(25)2-3-19-21(17)15(10-34-19)11-35-20/h2-3,8,12,14-15H,4-7,9-11H2,1H3,(H,32,33)/t15-/m0/s1. The molecule has 0 aliphatic carbocycles. The second-order valence-corrected chi connectivity index (χ2v) is 9.22. The summed E-state index contributed by atoms with van der Waals surface area (Å²) in [6, 6.07) is 4.72. The molecule has 2 aromatic heterocycles. The first-order chi connectivity index (χ1) is 16.9. The van der Waals surface area contributed by atoms with Gasteiger partial charge in [-0.1, -0.05) is 0 Å². The minimum Gasteiger partial charge on any atom is -0.493 e. The number of aromatic nitrogens is 3. The zero-order chi connectivity index (χ0) is 24.3. The number of amides is 2. The molecule has 0 unspecified atom stereocenters. The molecular formula is C24H24FN5O5. The summed E-state index contributed by atoms with van der Waals surface area (Å²) in [6.07, 6.45) is 1.71. The molecule has 35 heavy (non-hydrogen) atoms. The lowest BCUT2D eigenvalue weighted by atomic mass is 9.89. The van der Waals surface area contributed by atoms with Gasteiger partial charge in [0, 0.05) is 36.7 Å². The summed E-state index contributed by atoms with van der Waals surface area (Å²) in [5, 5.41) is 18.5. The fourth-order valence-electron chi connectivity index (χ4n) is 5.49. The Morgan fingerprint density at radius 1 is 1.11 bits per heavy atom. The van der Waals surface area contributed by atoms with Crippen LogP contribution in [0.25, 0.3) is 5.65 Å². The van der Waals surface area contributed by atoms with E-state index in [4.69, 9.17) is 9.47 Å². The summed E-state index contributed by atoms with van der Waals surface area (Å²) in [5.74, 6) is 0.604. The van der Waals surface area contributed by atoms with Crippen molar-refractivity contribution < 1.29 is 28.6 Å². The highest BCUT2D eigenvalue weighted by molar-refractivity contribution is 5.88. The third-order valence-corrected chi connectivity index (χ3v) is 7.27. The topological polar surface area (TPSA) is 110 Å². The number of benzene rings is 1. The second-order valence-electron chi connectivity index (χ2n) is 9.22. The predicted octanol–water partition coefficient (Wildman–Crippen LogP) is 3.15. The summed E-state index contributed by atoms with van der Waals surface area (Å²) in [4.78, 5) is 27.1. The van der Waals surface area contributed by atoms with E-state index < -0.39 is 11.9 Å². The van der Waals surface area contributed by atoms with Gasteiger partial charge in [0.05, 0.1) is 25.7 Å². The quantitative estimate of drug-likeness (QED) is 0.569. The lowest BCUT2D eigenvalue weighted by Crippen LogP contribution is -2.36. The van der Waals surface area contributed by atoms with E-state index in [-0.39, 0.29) is 42.3 Å². The maximum Gasteiger partial charge on any atom is 0.413 e. The molecule has 0 bridgehead atoms. The number of ether oxygens (including phenoxy) is 2. The lowest BCUT2D eigenvalue weighted by Gasteiger charge is -2.32. The largest absolute Gasteiger partial charge is 0.493 e. The van der Waals surface area contributed by atoms with Crippen LogP contribution in [0.1, 0.15) is 48.3 Å². The Hall–Kier alpha value is -3.89. The van der Waals surface area contributed by atoms with Gasteiger partial charge >= 0.3 is 6.09 Å². The second kappa shape index (κ2) is 8.10. The summed E-state index contributed by atoms with van der Waals surface area (Å²) < 4.78 is 28.6. The molecule has 11 heteroatoms. The van der Waals surface area contributed by atoms with E-state index in [0.717, 1.165) is 23.3 Å². The molecule has 3 aliphatic heterocycles. The molecule has 182 valence electrons. The monoisotopic (exact) mass is 481 g/mol. The van der Waals surface area contributed by atoms with E-state index >= 15 is 0 Å². The molecule has 3 aromatic rings. The Bertz CT molecular complexity index is 1350. The maximum atomic E-state index is 15.0. The molecule has 6 rings (SSSR count). The van der Waals surface area contributed by atoms with Gasteiger partial charge in [0.2, 0.25) is 5.91 Å². The Morgan fingerprint density at radius 3 is 2.57 bits per heavy atom. The zero-order valence-electron chi connectivity index (χ0n) is 19.1. The van der Waals surface area contributed by atoms with Gasteiger partial charge in [-0.3, -0.25) is 14.1 Å². The number of rotatable bonds is 1. The number of hydrogen-bond acceptors (Lipinski definition) is 6. The summed E-state index contributed by atoms with van der Waals surface area (Å²) in [7, 11) is 0. The minimum atomic E-state index is -1.25. The van der Waals surface area contributed by atoms with E-state index in [1.54, 1.807) is 17.4 Å². The van der Waals surface area contributed by atoms with Gasteiger partial charge in [0.15, 0.2) is 17.2 Å². The van der Waals surface area contributed by atoms with Crippen LogP contribution in [0.4, 0.5) is 15.0 Å². The van der Waals surface area contributed by atoms with Crippen LogP contribution in [0, 0.1) is 5.82 Å². The first-order valence-corrected chi connectivity index (χ1v) is 11.6. The van der Waals surface area contributed by atoms with Gasteiger partial charge < -0.3 is 19.5 Å². The van der Waals surface area contributed by atoms with E-state index in [9.17, 15) is 19.1 Å². The van der Waals surface area contributed by atoms with Crippen LogP contribution in [-0.2, 0) is 11.3 Å². The van der Waals surface area contributed by atoms with Crippen molar-refractivity contribution in [1.82, 2.24) is 19.5 Å². The van der Waals surface area contributed by atoms with Crippen molar-refractivity contribution in [2.45, 2.75) is 38.1 Å². The first-order valence-electron chi connectivity index (χ1n) is 11.6. The molecule has 1 aromatic carbocycles. The van der Waals surface area contributed by atoms with Gasteiger partial charge in [0.25, 0.3) is 0 Å². The molecule has 0 radical (unpaired) electrons. The van der Waals surface area contributed by atoms with Crippen molar-refractivity contribution >= 4 is 23.5 Å². The third-order valence-electron chi connectivity index (χ3n) is 7.27. The number of hydrogen-bond donors (Lipinski definition) is 1. The smallest absolute Gasteiger partial charge is 0.413 e. The van der Waals surface area contributed by atoms with Crippen molar-refractivity contribution in [2.75, 3.05) is 31.2 Å². The van der Waals surface area contributed by atoms with E-state index in [0.29, 0.717) is 42.4 Å². The minimum absolute atomic E-state index is 0.0517. The number of piperidine rings is 1. The number of nitrogens with zero attached hydrogens (tertiary/aromatic N) is 5. The van der Waals surface area contributed by atoms with E-state index in [1.165, 1.54) is 12.4 Å². The molecule has 0 spiro atoms. The number of fused-ring (bicyclic) bond motifs is 3. The molecule has 1 N–H and O–H groups in total. The average molecular weight is 481 g/mol. The van der Waals surface area contributed by atoms with E-state index in [1.807, 2.05) is 11.0 Å². The fraction of sp³-hybridized carbons (Fsp3) is 0.417. The molecule has 1 atom stereocenters. The third kappa shape index (κ3) is 3.44. The predicted molar refractivity (Wildman–Crippen MR) is 122 cm³/mol. The number of halogens is 1. The van der Waals surface area contributed by atoms with Crippen LogP contribution in [-0.4, -0.2) is 62.9 Å². The van der Waals surface area contributed by atoms with Gasteiger partial charge in [-0.2, -0.15) is 0 Å². The molecule has 1 fully saturated rings. The highest BCUT2D eigenvalue weighted by atomic mass is 19.1. The highest BCUT2D eigenvalue weighted by Gasteiger charge is 2.36. The maximum absolute atomic E-state index is 15.0. The summed E-state index contributed by atoms with van der Waals surface area (Å²) in [5.41, 5.74) is 2.35. The molecule has 5 heterocycles.